The minimum atomic E-state index is -0.229. The zero-order valence-electron chi connectivity index (χ0n) is 8.57. The fourth-order valence-corrected chi connectivity index (χ4v) is 1.30. The number of halogens is 1. The largest absolute Gasteiger partial charge is 0.300 e. The molecular weight excluding hydrogens is 213 g/mol. The molecule has 0 unspecified atom stereocenters. The Labute approximate surface area is 93.2 Å². The number of rotatable bonds is 2. The summed E-state index contributed by atoms with van der Waals surface area (Å²) in [4.78, 5) is 11.1. The highest BCUT2D eigenvalue weighted by Crippen LogP contribution is 2.29. The van der Waals surface area contributed by atoms with Crippen LogP contribution in [0.5, 0.6) is 0 Å². The molecule has 15 heavy (non-hydrogen) atoms. The average Bonchev–Trinajstić information content (AvgIpc) is 3.03. The van der Waals surface area contributed by atoms with E-state index in [1.165, 1.54) is 12.1 Å². The second-order valence-electron chi connectivity index (χ2n) is 3.46. The Bertz CT molecular complexity index is 322. The normalized spacial score (nSPS) is 14.1. The highest BCUT2D eigenvalue weighted by Gasteiger charge is 2.25. The molecule has 0 amide bonds. The van der Waals surface area contributed by atoms with Crippen LogP contribution in [0.4, 0.5) is 4.39 Å². The van der Waals surface area contributed by atoms with E-state index in [0.29, 0.717) is 11.7 Å². The van der Waals surface area contributed by atoms with Crippen LogP contribution in [0, 0.1) is 11.7 Å². The van der Waals surface area contributed by atoms with Crippen LogP contribution < -0.4 is 5.14 Å². The van der Waals surface area contributed by atoms with E-state index in [1.807, 2.05) is 0 Å². The van der Waals surface area contributed by atoms with E-state index in [9.17, 15) is 9.18 Å². The molecule has 1 aliphatic rings. The van der Waals surface area contributed by atoms with Gasteiger partial charge in [-0.15, -0.1) is 0 Å². The lowest BCUT2D eigenvalue weighted by Gasteiger charge is -1.91. The Morgan fingerprint density at radius 3 is 2.20 bits per heavy atom. The Balaban J connectivity index is 0.000000162. The number of carbonyl (C=O) groups is 1. The van der Waals surface area contributed by atoms with E-state index in [-0.39, 0.29) is 5.82 Å². The Hall–Kier alpha value is -0.870. The molecule has 2 rings (SSSR count). The maximum atomic E-state index is 12.2. The van der Waals surface area contributed by atoms with Gasteiger partial charge in [-0.1, -0.05) is 0 Å². The standard InChI is InChI=1S/C6H6FNS.C5H8O/c7-5-1-3-6(9-8)4-2-5;1-4(6)5-2-3-5/h1-4H,8H2;5H,2-3H2,1H3. The smallest absolute Gasteiger partial charge is 0.132 e. The number of carbonyl (C=O) groups excluding carboxylic acids is 1. The zero-order valence-corrected chi connectivity index (χ0v) is 9.39. The molecule has 0 heterocycles. The minimum absolute atomic E-state index is 0.229. The van der Waals surface area contributed by atoms with E-state index < -0.39 is 0 Å². The van der Waals surface area contributed by atoms with Gasteiger partial charge in [0, 0.05) is 10.8 Å². The van der Waals surface area contributed by atoms with E-state index in [4.69, 9.17) is 5.14 Å². The molecule has 1 aromatic rings. The van der Waals surface area contributed by atoms with Gasteiger partial charge in [0.05, 0.1) is 0 Å². The second-order valence-corrected chi connectivity index (χ2v) is 4.16. The van der Waals surface area contributed by atoms with Gasteiger partial charge in [0.25, 0.3) is 0 Å². The summed E-state index contributed by atoms with van der Waals surface area (Å²) in [5.74, 6) is 0.604. The van der Waals surface area contributed by atoms with Crippen molar-refractivity contribution < 1.29 is 9.18 Å². The molecule has 0 bridgehead atoms. The number of hydrogen-bond acceptors (Lipinski definition) is 3. The summed E-state index contributed by atoms with van der Waals surface area (Å²) in [5.41, 5.74) is 0. The van der Waals surface area contributed by atoms with Crippen LogP contribution in [-0.2, 0) is 4.79 Å². The highest BCUT2D eigenvalue weighted by atomic mass is 32.2. The molecule has 1 fully saturated rings. The maximum absolute atomic E-state index is 12.2. The lowest BCUT2D eigenvalue weighted by molar-refractivity contribution is -0.118. The van der Waals surface area contributed by atoms with Crippen molar-refractivity contribution in [3.05, 3.63) is 30.1 Å². The van der Waals surface area contributed by atoms with Crippen LogP contribution in [0.1, 0.15) is 19.8 Å². The zero-order chi connectivity index (χ0) is 11.3. The van der Waals surface area contributed by atoms with Crippen LogP contribution in [0.2, 0.25) is 0 Å². The monoisotopic (exact) mass is 227 g/mol. The van der Waals surface area contributed by atoms with Crippen molar-refractivity contribution in [2.45, 2.75) is 24.7 Å². The van der Waals surface area contributed by atoms with Crippen molar-refractivity contribution in [3.8, 4) is 0 Å². The molecule has 0 saturated heterocycles. The fourth-order valence-electron chi connectivity index (χ4n) is 1.00. The summed E-state index contributed by atoms with van der Waals surface area (Å²) in [6.07, 6.45) is 2.30. The first-order valence-electron chi connectivity index (χ1n) is 4.76. The van der Waals surface area contributed by atoms with Crippen LogP contribution in [-0.4, -0.2) is 5.78 Å². The van der Waals surface area contributed by atoms with Gasteiger partial charge in [0.1, 0.15) is 11.6 Å². The molecule has 0 atom stereocenters. The lowest BCUT2D eigenvalue weighted by atomic mass is 10.3. The third kappa shape index (κ3) is 4.95. The average molecular weight is 227 g/mol. The highest BCUT2D eigenvalue weighted by molar-refractivity contribution is 7.97. The SMILES string of the molecule is CC(=O)C1CC1.NSc1ccc(F)cc1. The molecule has 2 nitrogen and oxygen atoms in total. The van der Waals surface area contributed by atoms with Crippen molar-refractivity contribution in [2.24, 2.45) is 11.1 Å². The Kier molecular flexibility index (Phi) is 4.78. The predicted octanol–water partition coefficient (Wildman–Crippen LogP) is 2.78. The molecule has 0 aliphatic heterocycles. The topological polar surface area (TPSA) is 43.1 Å². The van der Waals surface area contributed by atoms with Crippen LogP contribution in [0.3, 0.4) is 0 Å². The van der Waals surface area contributed by atoms with E-state index in [0.717, 1.165) is 29.7 Å². The molecule has 0 radical (unpaired) electrons. The van der Waals surface area contributed by atoms with Crippen molar-refractivity contribution >= 4 is 17.7 Å². The third-order valence-electron chi connectivity index (χ3n) is 2.10. The lowest BCUT2D eigenvalue weighted by Crippen LogP contribution is -1.88. The number of Topliss-reactive ketones (excluding diaryl/α,β-unsaturated/α-hetero) is 1. The van der Waals surface area contributed by atoms with E-state index >= 15 is 0 Å². The first kappa shape index (κ1) is 12.2. The quantitative estimate of drug-likeness (QED) is 0.790. The molecular formula is C11H14FNOS. The van der Waals surface area contributed by atoms with Crippen LogP contribution in [0.15, 0.2) is 29.2 Å². The number of hydrogen-bond donors (Lipinski definition) is 1. The number of nitrogens with two attached hydrogens (primary N) is 1. The fraction of sp³-hybridized carbons (Fsp3) is 0.364. The predicted molar refractivity (Wildman–Crippen MR) is 59.8 cm³/mol. The van der Waals surface area contributed by atoms with Crippen molar-refractivity contribution in [1.29, 1.82) is 0 Å². The summed E-state index contributed by atoms with van der Waals surface area (Å²) in [5, 5.41) is 5.19. The minimum Gasteiger partial charge on any atom is -0.300 e. The second kappa shape index (κ2) is 5.88. The first-order valence-corrected chi connectivity index (χ1v) is 5.64. The van der Waals surface area contributed by atoms with Gasteiger partial charge in [-0.25, -0.2) is 4.39 Å². The maximum Gasteiger partial charge on any atom is 0.132 e. The summed E-state index contributed by atoms with van der Waals surface area (Å²) in [6.45, 7) is 1.66. The summed E-state index contributed by atoms with van der Waals surface area (Å²) >= 11 is 1.11. The van der Waals surface area contributed by atoms with E-state index in [1.54, 1.807) is 19.1 Å². The van der Waals surface area contributed by atoms with Gasteiger partial charge in [0.15, 0.2) is 0 Å². The molecule has 1 aliphatic carbocycles. The molecule has 82 valence electrons. The van der Waals surface area contributed by atoms with Gasteiger partial charge in [-0.05, 0) is 56.0 Å². The molecule has 4 heteroatoms. The van der Waals surface area contributed by atoms with Gasteiger partial charge in [-0.3, -0.25) is 9.93 Å². The van der Waals surface area contributed by atoms with Gasteiger partial charge >= 0.3 is 0 Å². The molecule has 1 saturated carbocycles. The number of ketones is 1. The van der Waals surface area contributed by atoms with Crippen LogP contribution >= 0.6 is 11.9 Å². The number of benzene rings is 1. The van der Waals surface area contributed by atoms with Gasteiger partial charge in [0.2, 0.25) is 0 Å². The molecule has 2 N–H and O–H groups in total. The third-order valence-corrected chi connectivity index (χ3v) is 2.65. The summed E-state index contributed by atoms with van der Waals surface area (Å²) < 4.78 is 12.2. The Morgan fingerprint density at radius 2 is 1.93 bits per heavy atom. The van der Waals surface area contributed by atoms with Crippen LogP contribution in [0.25, 0.3) is 0 Å². The van der Waals surface area contributed by atoms with Crippen molar-refractivity contribution in [1.82, 2.24) is 0 Å². The molecule has 1 aromatic carbocycles. The van der Waals surface area contributed by atoms with Gasteiger partial charge in [-0.2, -0.15) is 0 Å². The Morgan fingerprint density at radius 1 is 1.40 bits per heavy atom. The van der Waals surface area contributed by atoms with Gasteiger partial charge < -0.3 is 0 Å². The summed E-state index contributed by atoms with van der Waals surface area (Å²) in [6, 6.07) is 6.05. The summed E-state index contributed by atoms with van der Waals surface area (Å²) in [7, 11) is 0. The molecule has 0 aromatic heterocycles. The first-order chi connectivity index (χ1) is 7.13. The van der Waals surface area contributed by atoms with Crippen molar-refractivity contribution in [3.63, 3.8) is 0 Å². The molecule has 0 spiro atoms. The van der Waals surface area contributed by atoms with Crippen molar-refractivity contribution in [2.75, 3.05) is 0 Å². The van der Waals surface area contributed by atoms with E-state index in [2.05, 4.69) is 0 Å².